The number of hydrogen-bond acceptors (Lipinski definition) is 2. The molecule has 0 unspecified atom stereocenters. The maximum absolute atomic E-state index is 12.9. The van der Waals surface area contributed by atoms with E-state index in [0.29, 0.717) is 5.69 Å². The predicted octanol–water partition coefficient (Wildman–Crippen LogP) is 3.56. The van der Waals surface area contributed by atoms with Crippen LogP contribution in [0.3, 0.4) is 0 Å². The Bertz CT molecular complexity index is 471. The fraction of sp³-hybridized carbons (Fsp3) is 0. The van der Waals surface area contributed by atoms with Crippen LogP contribution < -0.4 is 5.73 Å². The lowest BCUT2D eigenvalue weighted by Gasteiger charge is -2.04. The van der Waals surface area contributed by atoms with Crippen LogP contribution in [0.4, 0.5) is 10.1 Å². The zero-order valence-electron chi connectivity index (χ0n) is 7.98. The molecule has 0 heterocycles. The maximum atomic E-state index is 12.9. The Morgan fingerprint density at radius 1 is 1.00 bits per heavy atom. The standard InChI is InChI=1S/C12H10FNS/c13-9-4-3-5-10(8-9)15-12-7-2-1-6-11(12)14/h1-8H,14H2. The maximum Gasteiger partial charge on any atom is 0.124 e. The summed E-state index contributed by atoms with van der Waals surface area (Å²) in [5.41, 5.74) is 6.51. The molecule has 15 heavy (non-hydrogen) atoms. The first kappa shape index (κ1) is 10.1. The van der Waals surface area contributed by atoms with Gasteiger partial charge in [0.1, 0.15) is 5.82 Å². The van der Waals surface area contributed by atoms with Crippen molar-refractivity contribution < 1.29 is 4.39 Å². The summed E-state index contributed by atoms with van der Waals surface area (Å²) in [4.78, 5) is 1.80. The van der Waals surface area contributed by atoms with Crippen molar-refractivity contribution in [3.05, 3.63) is 54.3 Å². The molecule has 0 spiro atoms. The third-order valence-electron chi connectivity index (χ3n) is 1.94. The van der Waals surface area contributed by atoms with E-state index < -0.39 is 0 Å². The minimum Gasteiger partial charge on any atom is -0.398 e. The van der Waals surface area contributed by atoms with Gasteiger partial charge in [-0.25, -0.2) is 4.39 Å². The molecule has 0 aliphatic heterocycles. The molecule has 0 fully saturated rings. The molecule has 0 atom stereocenters. The Labute approximate surface area is 92.1 Å². The van der Waals surface area contributed by atoms with E-state index in [0.717, 1.165) is 9.79 Å². The zero-order valence-corrected chi connectivity index (χ0v) is 8.80. The molecule has 2 N–H and O–H groups in total. The first-order chi connectivity index (χ1) is 7.25. The Hall–Kier alpha value is -1.48. The Morgan fingerprint density at radius 3 is 2.53 bits per heavy atom. The van der Waals surface area contributed by atoms with Gasteiger partial charge in [-0.3, -0.25) is 0 Å². The molecular formula is C12H10FNS. The largest absolute Gasteiger partial charge is 0.398 e. The normalized spacial score (nSPS) is 10.2. The average Bonchev–Trinajstić information content (AvgIpc) is 2.22. The number of anilines is 1. The zero-order chi connectivity index (χ0) is 10.7. The molecule has 0 bridgehead atoms. The summed E-state index contributed by atoms with van der Waals surface area (Å²) in [5.74, 6) is -0.227. The summed E-state index contributed by atoms with van der Waals surface area (Å²) in [5, 5.41) is 0. The van der Waals surface area contributed by atoms with Crippen LogP contribution in [0.25, 0.3) is 0 Å². The molecule has 0 amide bonds. The van der Waals surface area contributed by atoms with Gasteiger partial charge in [-0.1, -0.05) is 30.0 Å². The predicted molar refractivity (Wildman–Crippen MR) is 61.4 cm³/mol. The van der Waals surface area contributed by atoms with Gasteiger partial charge in [0.15, 0.2) is 0 Å². The van der Waals surface area contributed by atoms with Crippen LogP contribution in [-0.2, 0) is 0 Å². The first-order valence-electron chi connectivity index (χ1n) is 4.53. The van der Waals surface area contributed by atoms with E-state index in [2.05, 4.69) is 0 Å². The van der Waals surface area contributed by atoms with Gasteiger partial charge >= 0.3 is 0 Å². The fourth-order valence-corrected chi connectivity index (χ4v) is 2.14. The third-order valence-corrected chi connectivity index (χ3v) is 3.02. The number of benzene rings is 2. The van der Waals surface area contributed by atoms with Crippen LogP contribution in [-0.4, -0.2) is 0 Å². The number of para-hydroxylation sites is 1. The lowest BCUT2D eigenvalue weighted by molar-refractivity contribution is 0.624. The topological polar surface area (TPSA) is 26.0 Å². The molecule has 0 aliphatic rings. The van der Waals surface area contributed by atoms with Gasteiger partial charge in [-0.05, 0) is 30.3 Å². The van der Waals surface area contributed by atoms with Crippen LogP contribution in [0.15, 0.2) is 58.3 Å². The third kappa shape index (κ3) is 2.50. The van der Waals surface area contributed by atoms with Crippen LogP contribution in [0, 0.1) is 5.82 Å². The van der Waals surface area contributed by atoms with E-state index in [9.17, 15) is 4.39 Å². The lowest BCUT2D eigenvalue weighted by Crippen LogP contribution is -1.87. The number of hydrogen-bond donors (Lipinski definition) is 1. The quantitative estimate of drug-likeness (QED) is 0.781. The smallest absolute Gasteiger partial charge is 0.124 e. The monoisotopic (exact) mass is 219 g/mol. The minimum absolute atomic E-state index is 0.227. The van der Waals surface area contributed by atoms with Crippen molar-refractivity contribution >= 4 is 17.4 Å². The highest BCUT2D eigenvalue weighted by atomic mass is 32.2. The van der Waals surface area contributed by atoms with Crippen LogP contribution >= 0.6 is 11.8 Å². The van der Waals surface area contributed by atoms with Gasteiger partial charge in [0, 0.05) is 15.5 Å². The van der Waals surface area contributed by atoms with Gasteiger partial charge in [0.2, 0.25) is 0 Å². The number of rotatable bonds is 2. The Morgan fingerprint density at radius 2 is 1.80 bits per heavy atom. The summed E-state index contributed by atoms with van der Waals surface area (Å²) >= 11 is 1.46. The minimum atomic E-state index is -0.227. The number of nitrogen functional groups attached to an aromatic ring is 1. The van der Waals surface area contributed by atoms with Gasteiger partial charge in [0.05, 0.1) is 0 Å². The molecule has 76 valence electrons. The van der Waals surface area contributed by atoms with E-state index >= 15 is 0 Å². The van der Waals surface area contributed by atoms with Crippen LogP contribution in [0.2, 0.25) is 0 Å². The summed E-state index contributed by atoms with van der Waals surface area (Å²) in [7, 11) is 0. The molecule has 2 aromatic rings. The van der Waals surface area contributed by atoms with E-state index in [1.165, 1.54) is 23.9 Å². The molecule has 0 aliphatic carbocycles. The summed E-state index contributed by atoms with van der Waals surface area (Å²) in [6.07, 6.45) is 0. The molecule has 0 saturated heterocycles. The second kappa shape index (κ2) is 4.36. The molecule has 1 nitrogen and oxygen atoms in total. The summed E-state index contributed by atoms with van der Waals surface area (Å²) < 4.78 is 12.9. The van der Waals surface area contributed by atoms with Crippen molar-refractivity contribution in [2.24, 2.45) is 0 Å². The summed E-state index contributed by atoms with van der Waals surface area (Å²) in [6.45, 7) is 0. The SMILES string of the molecule is Nc1ccccc1Sc1cccc(F)c1. The highest BCUT2D eigenvalue weighted by Gasteiger charge is 2.01. The highest BCUT2D eigenvalue weighted by molar-refractivity contribution is 7.99. The lowest BCUT2D eigenvalue weighted by atomic mass is 10.3. The van der Waals surface area contributed by atoms with Crippen molar-refractivity contribution in [2.45, 2.75) is 9.79 Å². The molecular weight excluding hydrogens is 209 g/mol. The number of nitrogens with two attached hydrogens (primary N) is 1. The van der Waals surface area contributed by atoms with Crippen LogP contribution in [0.5, 0.6) is 0 Å². The van der Waals surface area contributed by atoms with Crippen molar-refractivity contribution in [3.8, 4) is 0 Å². The first-order valence-corrected chi connectivity index (χ1v) is 5.35. The average molecular weight is 219 g/mol. The second-order valence-corrected chi connectivity index (χ2v) is 4.21. The molecule has 2 rings (SSSR count). The highest BCUT2D eigenvalue weighted by Crippen LogP contribution is 2.31. The van der Waals surface area contributed by atoms with Crippen molar-refractivity contribution in [3.63, 3.8) is 0 Å². The van der Waals surface area contributed by atoms with E-state index in [-0.39, 0.29) is 5.82 Å². The number of halogens is 1. The fourth-order valence-electron chi connectivity index (χ4n) is 1.23. The Balaban J connectivity index is 2.26. The van der Waals surface area contributed by atoms with E-state index in [1.54, 1.807) is 6.07 Å². The molecule has 2 aromatic carbocycles. The van der Waals surface area contributed by atoms with E-state index in [1.807, 2.05) is 30.3 Å². The second-order valence-electron chi connectivity index (χ2n) is 3.10. The molecule has 0 saturated carbocycles. The van der Waals surface area contributed by atoms with E-state index in [4.69, 9.17) is 5.73 Å². The van der Waals surface area contributed by atoms with Crippen molar-refractivity contribution in [1.29, 1.82) is 0 Å². The van der Waals surface area contributed by atoms with Gasteiger partial charge < -0.3 is 5.73 Å². The van der Waals surface area contributed by atoms with Gasteiger partial charge in [0.25, 0.3) is 0 Å². The van der Waals surface area contributed by atoms with Crippen molar-refractivity contribution in [2.75, 3.05) is 5.73 Å². The van der Waals surface area contributed by atoms with Gasteiger partial charge in [-0.2, -0.15) is 0 Å². The molecule has 3 heteroatoms. The summed E-state index contributed by atoms with van der Waals surface area (Å²) in [6, 6.07) is 14.0. The Kier molecular flexibility index (Phi) is 2.92. The molecule has 0 radical (unpaired) electrons. The molecule has 0 aromatic heterocycles. The van der Waals surface area contributed by atoms with Crippen LogP contribution in [0.1, 0.15) is 0 Å². The van der Waals surface area contributed by atoms with Crippen molar-refractivity contribution in [1.82, 2.24) is 0 Å². The van der Waals surface area contributed by atoms with Gasteiger partial charge in [-0.15, -0.1) is 0 Å².